The number of rotatable bonds is 3. The maximum absolute atomic E-state index is 12.2. The Morgan fingerprint density at radius 1 is 1.14 bits per heavy atom. The molecule has 0 bridgehead atoms. The van der Waals surface area contributed by atoms with Gasteiger partial charge in [-0.25, -0.2) is 4.18 Å². The second kappa shape index (κ2) is 7.76. The van der Waals surface area contributed by atoms with Gasteiger partial charge in [0.1, 0.15) is 5.78 Å². The first kappa shape index (κ1) is 23.0. The van der Waals surface area contributed by atoms with E-state index in [4.69, 9.17) is 8.74 Å². The molecule has 0 aromatic heterocycles. The summed E-state index contributed by atoms with van der Waals surface area (Å²) in [6, 6.07) is 0. The normalized spacial score (nSPS) is 45.1. The molecule has 4 aliphatic carbocycles. The zero-order valence-corrected chi connectivity index (χ0v) is 20.4. The van der Waals surface area contributed by atoms with Crippen LogP contribution in [0.2, 0.25) is 0 Å². The van der Waals surface area contributed by atoms with Gasteiger partial charge in [0.05, 0.1) is 6.10 Å². The Hall–Kier alpha value is 0.280. The second-order valence-corrected chi connectivity index (χ2v) is 11.0. The van der Waals surface area contributed by atoms with Crippen LogP contribution in [0, 0.1) is 34.5 Å². The Morgan fingerprint density at radius 3 is 2.50 bits per heavy atom. The number of carbonyl (C=O) groups excluding carboxylic acids is 1. The quantitative estimate of drug-likeness (QED) is 0.424. The Labute approximate surface area is 191 Å². The molecule has 4 aliphatic rings. The Bertz CT molecular complexity index is 778. The smallest absolute Gasteiger partial charge is 0.300 e. The average Bonchev–Trinajstić information content (AvgIpc) is 2.91. The minimum Gasteiger partial charge on any atom is -0.300 e. The predicted molar refractivity (Wildman–Crippen MR) is 102 cm³/mol. The molecule has 0 unspecified atom stereocenters. The Morgan fingerprint density at radius 2 is 1.86 bits per heavy atom. The summed E-state index contributed by atoms with van der Waals surface area (Å²) in [4.78, 5) is 12.2. The standard InChI is InChI=1S/C21H32O5S.Na/c1-13(22)17-6-7-18-16-5-4-14-12-15(26-27(23,24)25)8-10-20(14,2)19(16)9-11-21(17,18)3;/h4,15-19H,5-12H2,1-3H3,(H,23,24,25);/q;+1/t15-,16-,17+,18-,19-,20-,21+;/m0./s1. The van der Waals surface area contributed by atoms with Crippen molar-refractivity contribution < 1.29 is 51.5 Å². The van der Waals surface area contributed by atoms with E-state index in [0.29, 0.717) is 36.4 Å². The maximum Gasteiger partial charge on any atom is 1.00 e. The summed E-state index contributed by atoms with van der Waals surface area (Å²) in [5, 5.41) is 0. The summed E-state index contributed by atoms with van der Waals surface area (Å²) in [6.07, 6.45) is 9.54. The fourth-order valence-electron chi connectivity index (χ4n) is 7.55. The van der Waals surface area contributed by atoms with Crippen molar-refractivity contribution >= 4 is 16.2 Å². The number of Topliss-reactive ketones (excluding diaryl/α,β-unsaturated/α-hetero) is 1. The van der Waals surface area contributed by atoms with Crippen LogP contribution in [-0.4, -0.2) is 24.9 Å². The summed E-state index contributed by atoms with van der Waals surface area (Å²) in [7, 11) is -4.40. The number of hydrogen-bond donors (Lipinski definition) is 1. The van der Waals surface area contributed by atoms with Gasteiger partial charge in [-0.3, -0.25) is 9.35 Å². The molecule has 0 saturated heterocycles. The third-order valence-electron chi connectivity index (χ3n) is 8.81. The van der Waals surface area contributed by atoms with Gasteiger partial charge in [0, 0.05) is 5.92 Å². The van der Waals surface area contributed by atoms with Gasteiger partial charge >= 0.3 is 40.0 Å². The van der Waals surface area contributed by atoms with Crippen LogP contribution in [0.4, 0.5) is 0 Å². The molecule has 7 heteroatoms. The Kier molecular flexibility index (Phi) is 6.36. The van der Waals surface area contributed by atoms with Gasteiger partial charge in [-0.1, -0.05) is 25.5 Å². The van der Waals surface area contributed by atoms with Gasteiger partial charge in [-0.15, -0.1) is 0 Å². The molecule has 0 aromatic rings. The number of hydrogen-bond acceptors (Lipinski definition) is 4. The first-order chi connectivity index (χ1) is 12.5. The minimum absolute atomic E-state index is 0. The van der Waals surface area contributed by atoms with Crippen LogP contribution in [0.3, 0.4) is 0 Å². The van der Waals surface area contributed by atoms with Crippen LogP contribution < -0.4 is 29.6 Å². The van der Waals surface area contributed by atoms with E-state index in [-0.39, 0.29) is 46.3 Å². The van der Waals surface area contributed by atoms with Crippen molar-refractivity contribution in [2.75, 3.05) is 0 Å². The molecule has 152 valence electrons. The van der Waals surface area contributed by atoms with E-state index < -0.39 is 16.5 Å². The van der Waals surface area contributed by atoms with Gasteiger partial charge < -0.3 is 0 Å². The summed E-state index contributed by atoms with van der Waals surface area (Å²) in [5.74, 6) is 2.43. The Balaban J connectivity index is 0.00000225. The van der Waals surface area contributed by atoms with Crippen molar-refractivity contribution in [3.8, 4) is 0 Å². The fraction of sp³-hybridized carbons (Fsp3) is 0.857. The molecule has 0 spiro atoms. The van der Waals surface area contributed by atoms with Gasteiger partial charge in [-0.2, -0.15) is 8.42 Å². The largest absolute Gasteiger partial charge is 1.00 e. The van der Waals surface area contributed by atoms with E-state index in [2.05, 4.69) is 19.9 Å². The van der Waals surface area contributed by atoms with Crippen LogP contribution in [0.5, 0.6) is 0 Å². The summed E-state index contributed by atoms with van der Waals surface area (Å²) in [6.45, 7) is 6.46. The molecule has 7 atom stereocenters. The molecule has 0 amide bonds. The molecule has 0 aliphatic heterocycles. The van der Waals surface area contributed by atoms with Crippen molar-refractivity contribution in [3.05, 3.63) is 11.6 Å². The van der Waals surface area contributed by atoms with E-state index in [0.717, 1.165) is 38.5 Å². The van der Waals surface area contributed by atoms with E-state index in [1.807, 2.05) is 0 Å². The van der Waals surface area contributed by atoms with Crippen LogP contribution in [-0.2, 0) is 19.4 Å². The van der Waals surface area contributed by atoms with Crippen LogP contribution in [0.25, 0.3) is 0 Å². The maximum atomic E-state index is 12.2. The molecule has 0 radical (unpaired) electrons. The van der Waals surface area contributed by atoms with Gasteiger partial charge in [0.2, 0.25) is 0 Å². The van der Waals surface area contributed by atoms with Crippen LogP contribution in [0.15, 0.2) is 11.6 Å². The topological polar surface area (TPSA) is 80.7 Å². The SMILES string of the molecule is CC(=O)[C@H]1CC[C@H]2[C@@H]3CC=C4C[C@@H](OS(=O)(=O)O)CC[C@]4(C)[C@H]3CC[C@]12C.[Na+]. The molecular weight excluding hydrogens is 387 g/mol. The van der Waals surface area contributed by atoms with Crippen molar-refractivity contribution in [2.24, 2.45) is 34.5 Å². The number of carbonyl (C=O) groups is 1. The van der Waals surface area contributed by atoms with E-state index in [1.54, 1.807) is 6.92 Å². The number of fused-ring (bicyclic) bond motifs is 5. The molecular formula is C21H32NaO5S+. The summed E-state index contributed by atoms with van der Waals surface area (Å²) >= 11 is 0. The fourth-order valence-corrected chi connectivity index (χ4v) is 8.06. The third kappa shape index (κ3) is 3.71. The van der Waals surface area contributed by atoms with E-state index in [9.17, 15) is 13.2 Å². The molecule has 3 fully saturated rings. The first-order valence-corrected chi connectivity index (χ1v) is 11.8. The van der Waals surface area contributed by atoms with Crippen molar-refractivity contribution in [1.82, 2.24) is 0 Å². The van der Waals surface area contributed by atoms with E-state index >= 15 is 0 Å². The van der Waals surface area contributed by atoms with Crippen molar-refractivity contribution in [2.45, 2.75) is 78.2 Å². The second-order valence-electron chi connectivity index (χ2n) is 9.93. The number of allylic oxidation sites excluding steroid dienone is 1. The van der Waals surface area contributed by atoms with Crippen molar-refractivity contribution in [3.63, 3.8) is 0 Å². The minimum atomic E-state index is -4.40. The summed E-state index contributed by atoms with van der Waals surface area (Å²) < 4.78 is 36.1. The first-order valence-electron chi connectivity index (χ1n) is 10.4. The third-order valence-corrected chi connectivity index (χ3v) is 9.32. The molecule has 0 heterocycles. The van der Waals surface area contributed by atoms with Gasteiger partial charge in [0.15, 0.2) is 0 Å². The molecule has 4 rings (SSSR count). The number of ketones is 1. The molecule has 1 N–H and O–H groups in total. The van der Waals surface area contributed by atoms with E-state index in [1.165, 1.54) is 5.57 Å². The summed E-state index contributed by atoms with van der Waals surface area (Å²) in [5.41, 5.74) is 1.56. The van der Waals surface area contributed by atoms with Gasteiger partial charge in [-0.05, 0) is 86.9 Å². The molecule has 28 heavy (non-hydrogen) atoms. The monoisotopic (exact) mass is 419 g/mol. The molecule has 0 aromatic carbocycles. The zero-order valence-electron chi connectivity index (χ0n) is 17.6. The van der Waals surface area contributed by atoms with Crippen LogP contribution >= 0.6 is 0 Å². The van der Waals surface area contributed by atoms with Gasteiger partial charge in [0.25, 0.3) is 0 Å². The molecule has 3 saturated carbocycles. The molecule has 5 nitrogen and oxygen atoms in total. The van der Waals surface area contributed by atoms with Crippen molar-refractivity contribution in [1.29, 1.82) is 0 Å². The predicted octanol–water partition coefficient (Wildman–Crippen LogP) is 1.35. The average molecular weight is 420 g/mol. The van der Waals surface area contributed by atoms with Crippen LogP contribution in [0.1, 0.15) is 72.1 Å². The zero-order chi connectivity index (χ0) is 19.6.